The molecule has 0 aliphatic rings. The van der Waals surface area contributed by atoms with Gasteiger partial charge in [-0.2, -0.15) is 8.78 Å². The number of halogens is 2. The van der Waals surface area contributed by atoms with E-state index >= 15 is 0 Å². The molecule has 0 amide bonds. The number of alkyl halides is 2. The highest BCUT2D eigenvalue weighted by Crippen LogP contribution is 2.28. The molecule has 0 aliphatic heterocycles. The molecular weight excluding hydrogens is 398 g/mol. The number of carbonyl (C=O) groups excluding carboxylic acids is 1. The van der Waals surface area contributed by atoms with Gasteiger partial charge in [0.1, 0.15) is 5.75 Å². The molecule has 0 bridgehead atoms. The van der Waals surface area contributed by atoms with Gasteiger partial charge in [0.15, 0.2) is 16.8 Å². The number of benzene rings is 1. The van der Waals surface area contributed by atoms with Crippen molar-refractivity contribution in [3.63, 3.8) is 0 Å². The molecule has 0 aliphatic carbocycles. The van der Waals surface area contributed by atoms with E-state index in [0.29, 0.717) is 23.1 Å². The molecule has 3 aromatic rings. The highest BCUT2D eigenvalue weighted by Gasteiger charge is 2.21. The standard InChI is InChI=1S/C20H18F2N4O2S/c1-3-12-26-18(15-8-10-23-11-9-15)24-25-20(26)29-13(2)17(27)14-4-6-16(7-5-14)28-19(21)22/h3-11,13,19H,1,12H2,2H3/t13-/m1/s1. The molecule has 2 aromatic heterocycles. The number of pyridine rings is 1. The molecule has 9 heteroatoms. The molecule has 150 valence electrons. The van der Waals surface area contributed by atoms with Gasteiger partial charge in [-0.1, -0.05) is 17.8 Å². The van der Waals surface area contributed by atoms with Crippen LogP contribution >= 0.6 is 11.8 Å². The summed E-state index contributed by atoms with van der Waals surface area (Å²) in [5.41, 5.74) is 1.26. The van der Waals surface area contributed by atoms with Gasteiger partial charge in [-0.25, -0.2) is 0 Å². The molecule has 1 aromatic carbocycles. The number of ether oxygens (including phenoxy) is 1. The van der Waals surface area contributed by atoms with E-state index in [1.54, 1.807) is 25.4 Å². The van der Waals surface area contributed by atoms with Crippen molar-refractivity contribution in [1.82, 2.24) is 19.7 Å². The Morgan fingerprint density at radius 1 is 1.21 bits per heavy atom. The molecule has 2 heterocycles. The average Bonchev–Trinajstić information content (AvgIpc) is 3.11. The minimum atomic E-state index is -2.91. The van der Waals surface area contributed by atoms with Crippen LogP contribution in [-0.4, -0.2) is 37.4 Å². The lowest BCUT2D eigenvalue weighted by atomic mass is 10.1. The van der Waals surface area contributed by atoms with Crippen molar-refractivity contribution in [3.05, 3.63) is 67.0 Å². The lowest BCUT2D eigenvalue weighted by Gasteiger charge is -2.12. The van der Waals surface area contributed by atoms with Gasteiger partial charge in [-0.15, -0.1) is 16.8 Å². The number of ketones is 1. The molecule has 6 nitrogen and oxygen atoms in total. The van der Waals surface area contributed by atoms with Crippen molar-refractivity contribution in [2.24, 2.45) is 0 Å². The first-order valence-electron chi connectivity index (χ1n) is 8.70. The predicted molar refractivity (Wildman–Crippen MR) is 106 cm³/mol. The van der Waals surface area contributed by atoms with Crippen molar-refractivity contribution >= 4 is 17.5 Å². The zero-order chi connectivity index (χ0) is 20.8. The lowest BCUT2D eigenvalue weighted by Crippen LogP contribution is -2.15. The first-order chi connectivity index (χ1) is 14.0. The summed E-state index contributed by atoms with van der Waals surface area (Å²) in [5.74, 6) is 0.504. The van der Waals surface area contributed by atoms with Crippen LogP contribution in [0, 0.1) is 0 Å². The number of Topliss-reactive ketones (excluding diaryl/α,β-unsaturated/α-hetero) is 1. The van der Waals surface area contributed by atoms with Gasteiger partial charge in [0, 0.05) is 30.1 Å². The average molecular weight is 416 g/mol. The van der Waals surface area contributed by atoms with Crippen LogP contribution in [0.1, 0.15) is 17.3 Å². The van der Waals surface area contributed by atoms with Crippen LogP contribution in [0.15, 0.2) is 66.6 Å². The summed E-state index contributed by atoms with van der Waals surface area (Å²) in [4.78, 5) is 16.7. The fourth-order valence-corrected chi connectivity index (χ4v) is 3.57. The molecule has 0 saturated carbocycles. The first kappa shape index (κ1) is 20.7. The van der Waals surface area contributed by atoms with Crippen LogP contribution in [0.5, 0.6) is 5.75 Å². The second-order valence-electron chi connectivity index (χ2n) is 5.97. The second-order valence-corrected chi connectivity index (χ2v) is 7.28. The number of hydrogen-bond acceptors (Lipinski definition) is 6. The smallest absolute Gasteiger partial charge is 0.387 e. The van der Waals surface area contributed by atoms with Crippen LogP contribution in [0.2, 0.25) is 0 Å². The van der Waals surface area contributed by atoms with E-state index < -0.39 is 11.9 Å². The van der Waals surface area contributed by atoms with Gasteiger partial charge in [0.05, 0.1) is 5.25 Å². The van der Waals surface area contributed by atoms with E-state index in [9.17, 15) is 13.6 Å². The Bertz CT molecular complexity index is 978. The quantitative estimate of drug-likeness (QED) is 0.291. The molecule has 0 N–H and O–H groups in total. The van der Waals surface area contributed by atoms with Gasteiger partial charge in [0.2, 0.25) is 0 Å². The maximum Gasteiger partial charge on any atom is 0.387 e. The Balaban J connectivity index is 1.77. The SMILES string of the molecule is C=CCn1c(S[C@H](C)C(=O)c2ccc(OC(F)F)cc2)nnc1-c1ccncc1. The third-order valence-corrected chi connectivity index (χ3v) is 5.06. The summed E-state index contributed by atoms with van der Waals surface area (Å²) in [7, 11) is 0. The van der Waals surface area contributed by atoms with E-state index in [1.807, 2.05) is 16.7 Å². The van der Waals surface area contributed by atoms with Crippen molar-refractivity contribution < 1.29 is 18.3 Å². The normalized spacial score (nSPS) is 12.0. The van der Waals surface area contributed by atoms with Crippen LogP contribution in [0.4, 0.5) is 8.78 Å². The molecule has 0 saturated heterocycles. The Kier molecular flexibility index (Phi) is 6.71. The predicted octanol–water partition coefficient (Wildman–Crippen LogP) is 4.49. The zero-order valence-electron chi connectivity index (χ0n) is 15.5. The second kappa shape index (κ2) is 9.42. The number of hydrogen-bond donors (Lipinski definition) is 0. The van der Waals surface area contributed by atoms with Gasteiger partial charge in [-0.3, -0.25) is 14.3 Å². The number of nitrogens with zero attached hydrogens (tertiary/aromatic N) is 4. The Morgan fingerprint density at radius 2 is 1.90 bits per heavy atom. The number of aromatic nitrogens is 4. The van der Waals surface area contributed by atoms with Crippen LogP contribution in [0.3, 0.4) is 0 Å². The van der Waals surface area contributed by atoms with Crippen molar-refractivity contribution in [2.75, 3.05) is 0 Å². The third-order valence-electron chi connectivity index (χ3n) is 3.98. The lowest BCUT2D eigenvalue weighted by molar-refractivity contribution is -0.0498. The molecule has 0 radical (unpaired) electrons. The molecule has 0 fully saturated rings. The van der Waals surface area contributed by atoms with E-state index in [0.717, 1.165) is 5.56 Å². The Labute approximate surface area is 170 Å². The van der Waals surface area contributed by atoms with Crippen LogP contribution in [-0.2, 0) is 6.54 Å². The molecule has 1 atom stereocenters. The minimum Gasteiger partial charge on any atom is -0.435 e. The fraction of sp³-hybridized carbons (Fsp3) is 0.200. The van der Waals surface area contributed by atoms with Gasteiger partial charge in [0.25, 0.3) is 0 Å². The zero-order valence-corrected chi connectivity index (χ0v) is 16.4. The van der Waals surface area contributed by atoms with E-state index in [1.165, 1.54) is 36.0 Å². The Morgan fingerprint density at radius 3 is 2.52 bits per heavy atom. The number of allylic oxidation sites excluding steroid dienone is 1. The number of thioether (sulfide) groups is 1. The van der Waals surface area contributed by atoms with E-state index in [2.05, 4.69) is 26.5 Å². The summed E-state index contributed by atoms with van der Waals surface area (Å²) in [6.07, 6.45) is 5.07. The van der Waals surface area contributed by atoms with Crippen molar-refractivity contribution in [1.29, 1.82) is 0 Å². The summed E-state index contributed by atoms with van der Waals surface area (Å²) >= 11 is 1.27. The van der Waals surface area contributed by atoms with Crippen molar-refractivity contribution in [3.8, 4) is 17.1 Å². The molecule has 0 unspecified atom stereocenters. The topological polar surface area (TPSA) is 69.9 Å². The summed E-state index contributed by atoms with van der Waals surface area (Å²) in [6, 6.07) is 9.28. The van der Waals surface area contributed by atoms with Crippen molar-refractivity contribution in [2.45, 2.75) is 30.5 Å². The van der Waals surface area contributed by atoms with Crippen LogP contribution < -0.4 is 4.74 Å². The summed E-state index contributed by atoms with van der Waals surface area (Å²) < 4.78 is 30.7. The minimum absolute atomic E-state index is 0.00424. The monoisotopic (exact) mass is 416 g/mol. The van der Waals surface area contributed by atoms with E-state index in [4.69, 9.17) is 0 Å². The highest BCUT2D eigenvalue weighted by atomic mass is 32.2. The summed E-state index contributed by atoms with van der Waals surface area (Å²) in [5, 5.41) is 8.59. The summed E-state index contributed by atoms with van der Waals surface area (Å²) in [6.45, 7) is 3.11. The largest absolute Gasteiger partial charge is 0.435 e. The number of rotatable bonds is 9. The maximum absolute atomic E-state index is 12.7. The molecule has 0 spiro atoms. The molecule has 29 heavy (non-hydrogen) atoms. The highest BCUT2D eigenvalue weighted by molar-refractivity contribution is 8.00. The van der Waals surface area contributed by atoms with Crippen LogP contribution in [0.25, 0.3) is 11.4 Å². The van der Waals surface area contributed by atoms with Gasteiger partial charge in [-0.05, 0) is 43.3 Å². The fourth-order valence-electron chi connectivity index (χ4n) is 2.63. The van der Waals surface area contributed by atoms with Gasteiger partial charge >= 0.3 is 6.61 Å². The van der Waals surface area contributed by atoms with Gasteiger partial charge < -0.3 is 4.74 Å². The van der Waals surface area contributed by atoms with E-state index in [-0.39, 0.29) is 11.5 Å². The molecular formula is C20H18F2N4O2S. The molecule has 3 rings (SSSR count). The number of carbonyl (C=O) groups is 1. The first-order valence-corrected chi connectivity index (χ1v) is 9.57. The third kappa shape index (κ3) is 5.05. The maximum atomic E-state index is 12.7. The Hall–Kier alpha value is -3.07.